The topological polar surface area (TPSA) is 119 Å². The van der Waals surface area contributed by atoms with Crippen LogP contribution in [0.15, 0.2) is 51.2 Å². The number of amides is 1. The third-order valence-electron chi connectivity index (χ3n) is 4.18. The van der Waals surface area contributed by atoms with Crippen LogP contribution < -0.4 is 16.4 Å². The summed E-state index contributed by atoms with van der Waals surface area (Å²) in [6, 6.07) is 4.52. The molecule has 0 saturated carbocycles. The van der Waals surface area contributed by atoms with E-state index in [9.17, 15) is 32.6 Å². The number of halogens is 5. The van der Waals surface area contributed by atoms with E-state index < -0.39 is 41.7 Å². The van der Waals surface area contributed by atoms with Gasteiger partial charge < -0.3 is 16.4 Å². The lowest BCUT2D eigenvalue weighted by Crippen LogP contribution is -2.24. The summed E-state index contributed by atoms with van der Waals surface area (Å²) in [5.74, 6) is -1.49. The number of rotatable bonds is 5. The molecule has 2 rings (SSSR count). The van der Waals surface area contributed by atoms with E-state index in [2.05, 4.69) is 4.99 Å². The second-order valence-electron chi connectivity index (χ2n) is 6.77. The minimum atomic E-state index is -9.96. The van der Waals surface area contributed by atoms with Crippen LogP contribution >= 0.6 is 10.2 Å². The molecular weight excluding hydrogens is 467 g/mol. The van der Waals surface area contributed by atoms with Crippen molar-refractivity contribution in [2.75, 3.05) is 18.2 Å². The van der Waals surface area contributed by atoms with Crippen LogP contribution in [0.5, 0.6) is 0 Å². The van der Waals surface area contributed by atoms with E-state index >= 15 is 0 Å². The smallest absolute Gasteiger partial charge is 0.310 e. The molecule has 0 heterocycles. The van der Waals surface area contributed by atoms with Crippen molar-refractivity contribution in [2.24, 2.45) is 16.5 Å². The van der Waals surface area contributed by atoms with Crippen LogP contribution in [0.2, 0.25) is 0 Å². The van der Waals surface area contributed by atoms with E-state index in [0.717, 1.165) is 29.4 Å². The van der Waals surface area contributed by atoms with Gasteiger partial charge in [-0.15, -0.1) is 0 Å². The number of nitrogens with two attached hydrogens (primary N) is 2. The Balaban J connectivity index is 2.73. The van der Waals surface area contributed by atoms with Crippen LogP contribution in [0.25, 0.3) is 0 Å². The van der Waals surface area contributed by atoms with Gasteiger partial charge in [0, 0.05) is 24.6 Å². The number of hydrogen-bond donors (Lipinski definition) is 2. The second kappa shape index (κ2) is 6.82. The first-order valence-corrected chi connectivity index (χ1v) is 12.1. The molecular formula is C17H19F5N4O3S2. The van der Waals surface area contributed by atoms with Crippen molar-refractivity contribution in [2.45, 2.75) is 16.7 Å². The molecule has 2 aromatic carbocycles. The van der Waals surface area contributed by atoms with Gasteiger partial charge in [0.15, 0.2) is 15.8 Å². The van der Waals surface area contributed by atoms with Gasteiger partial charge in [-0.2, -0.15) is 4.99 Å². The van der Waals surface area contributed by atoms with Gasteiger partial charge in [-0.1, -0.05) is 25.5 Å². The minimum Gasteiger partial charge on any atom is -0.370 e. The molecule has 0 aliphatic rings. The molecule has 172 valence electrons. The van der Waals surface area contributed by atoms with Crippen molar-refractivity contribution in [3.8, 4) is 0 Å². The number of aliphatic imine (C=N–C) groups is 1. The Morgan fingerprint density at radius 2 is 1.65 bits per heavy atom. The highest BCUT2D eigenvalue weighted by molar-refractivity contribution is 8.45. The summed E-state index contributed by atoms with van der Waals surface area (Å²) >= 11 is 0. The van der Waals surface area contributed by atoms with Crippen LogP contribution in [0.4, 0.5) is 30.8 Å². The normalized spacial score (nSPS) is 14.3. The maximum Gasteiger partial charge on any atom is 0.310 e. The molecule has 0 saturated heterocycles. The third-order valence-corrected chi connectivity index (χ3v) is 6.45. The third kappa shape index (κ3) is 5.64. The summed E-state index contributed by atoms with van der Waals surface area (Å²) < 4.78 is 90.6. The molecule has 7 nitrogen and oxygen atoms in total. The van der Waals surface area contributed by atoms with Crippen molar-refractivity contribution in [1.82, 2.24) is 0 Å². The molecule has 0 fully saturated rings. The Morgan fingerprint density at radius 1 is 1.06 bits per heavy atom. The SMILES string of the molecule is Cc1cc(N(C)c2cccc(S(F)(F)(F)(F)F)c2)c(S(C)(=O)=O)cc1C(=O)N=C(N)N. The second-order valence-corrected chi connectivity index (χ2v) is 11.2. The van der Waals surface area contributed by atoms with Crippen LogP contribution in [-0.2, 0) is 9.84 Å². The molecule has 0 radical (unpaired) electrons. The van der Waals surface area contributed by atoms with Gasteiger partial charge in [-0.3, -0.25) is 4.79 Å². The average Bonchev–Trinajstić information content (AvgIpc) is 2.57. The van der Waals surface area contributed by atoms with Crippen LogP contribution in [0.3, 0.4) is 0 Å². The molecule has 2 aromatic rings. The Bertz CT molecular complexity index is 1210. The highest BCUT2D eigenvalue weighted by atomic mass is 32.5. The van der Waals surface area contributed by atoms with Crippen molar-refractivity contribution in [1.29, 1.82) is 0 Å². The fourth-order valence-electron chi connectivity index (χ4n) is 2.71. The molecule has 0 atom stereocenters. The van der Waals surface area contributed by atoms with Crippen LogP contribution in [-0.4, -0.2) is 33.6 Å². The number of nitrogens with zero attached hydrogens (tertiary/aromatic N) is 2. The highest BCUT2D eigenvalue weighted by Crippen LogP contribution is 3.02. The molecule has 0 spiro atoms. The monoisotopic (exact) mass is 486 g/mol. The van der Waals surface area contributed by atoms with Gasteiger partial charge in [0.25, 0.3) is 5.91 Å². The zero-order valence-electron chi connectivity index (χ0n) is 16.4. The lowest BCUT2D eigenvalue weighted by atomic mass is 10.1. The number of guanidine groups is 1. The van der Waals surface area contributed by atoms with Gasteiger partial charge in [0.05, 0.1) is 10.6 Å². The first-order chi connectivity index (χ1) is 13.7. The standard InChI is InChI=1S/C17H19F5N4O3S2/c1-10-7-14(15(30(3,28)29)9-13(10)16(27)25-17(23)24)26(2)11-5-4-6-12(8-11)31(18,19,20,21)22/h4-9H,1-3H3,(H4,23,24,25,27). The molecule has 0 aliphatic heterocycles. The molecule has 0 aliphatic carbocycles. The number of benzene rings is 2. The maximum absolute atomic E-state index is 13.2. The molecule has 1 amide bonds. The van der Waals surface area contributed by atoms with Gasteiger partial charge >= 0.3 is 10.2 Å². The Morgan fingerprint density at radius 3 is 2.13 bits per heavy atom. The number of anilines is 2. The molecule has 14 heteroatoms. The predicted octanol–water partition coefficient (Wildman–Crippen LogP) is 4.24. The van der Waals surface area contributed by atoms with Gasteiger partial charge in [-0.25, -0.2) is 8.42 Å². The Hall–Kier alpha value is -2.87. The van der Waals surface area contributed by atoms with Crippen LogP contribution in [0, 0.1) is 6.92 Å². The van der Waals surface area contributed by atoms with Gasteiger partial charge in [0.1, 0.15) is 4.90 Å². The number of hydrogen-bond acceptors (Lipinski definition) is 4. The van der Waals surface area contributed by atoms with E-state index in [-0.39, 0.29) is 34.6 Å². The molecule has 31 heavy (non-hydrogen) atoms. The van der Waals surface area contributed by atoms with Crippen molar-refractivity contribution < 1.29 is 32.6 Å². The number of carbonyl (C=O) groups is 1. The maximum atomic E-state index is 13.2. The highest BCUT2D eigenvalue weighted by Gasteiger charge is 2.65. The van der Waals surface area contributed by atoms with Crippen LogP contribution in [0.1, 0.15) is 15.9 Å². The molecule has 0 unspecified atom stereocenters. The Kier molecular flexibility index (Phi) is 5.37. The summed E-state index contributed by atoms with van der Waals surface area (Å²) in [6.45, 7) is 1.42. The summed E-state index contributed by atoms with van der Waals surface area (Å²) in [6.07, 6.45) is 0.814. The Labute approximate surface area is 175 Å². The lowest BCUT2D eigenvalue weighted by Gasteiger charge is -2.41. The number of carbonyl (C=O) groups excluding carboxylic acids is 1. The molecule has 4 N–H and O–H groups in total. The summed E-state index contributed by atoms with van der Waals surface area (Å²) in [5, 5.41) is 0. The van der Waals surface area contributed by atoms with E-state index in [1.807, 2.05) is 0 Å². The van der Waals surface area contributed by atoms with Gasteiger partial charge in [0.2, 0.25) is 0 Å². The van der Waals surface area contributed by atoms with Crippen molar-refractivity contribution in [3.63, 3.8) is 0 Å². The van der Waals surface area contributed by atoms with Gasteiger partial charge in [-0.05, 0) is 42.8 Å². The summed E-state index contributed by atoms with van der Waals surface area (Å²) in [4.78, 5) is 13.9. The minimum absolute atomic E-state index is 0.138. The summed E-state index contributed by atoms with van der Waals surface area (Å²) in [7, 11) is -12.8. The zero-order valence-corrected chi connectivity index (χ0v) is 18.1. The van der Waals surface area contributed by atoms with E-state index in [0.29, 0.717) is 0 Å². The quantitative estimate of drug-likeness (QED) is 0.371. The van der Waals surface area contributed by atoms with E-state index in [1.54, 1.807) is 0 Å². The molecule has 0 bridgehead atoms. The fraction of sp³-hybridized carbons (Fsp3) is 0.176. The lowest BCUT2D eigenvalue weighted by molar-refractivity contribution is 0.100. The fourth-order valence-corrected chi connectivity index (χ4v) is 4.30. The largest absolute Gasteiger partial charge is 0.370 e. The number of sulfone groups is 1. The van der Waals surface area contributed by atoms with Crippen molar-refractivity contribution >= 4 is 43.3 Å². The predicted molar refractivity (Wildman–Crippen MR) is 110 cm³/mol. The molecule has 0 aromatic heterocycles. The first-order valence-electron chi connectivity index (χ1n) is 8.27. The average molecular weight is 486 g/mol. The summed E-state index contributed by atoms with van der Waals surface area (Å²) in [5.41, 5.74) is 9.87. The van der Waals surface area contributed by atoms with E-state index in [4.69, 9.17) is 11.5 Å². The van der Waals surface area contributed by atoms with Crippen molar-refractivity contribution in [3.05, 3.63) is 47.5 Å². The number of aryl methyl sites for hydroxylation is 1. The first kappa shape index (κ1) is 24.4. The van der Waals surface area contributed by atoms with E-state index in [1.165, 1.54) is 20.0 Å². The zero-order chi connectivity index (χ0) is 24.1.